The highest BCUT2D eigenvalue weighted by Gasteiger charge is 2.48. The van der Waals surface area contributed by atoms with Crippen LogP contribution in [0.2, 0.25) is 0 Å². The monoisotopic (exact) mass is 399 g/mol. The predicted octanol–water partition coefficient (Wildman–Crippen LogP) is 2.26. The highest BCUT2D eigenvalue weighted by Crippen LogP contribution is 2.28. The summed E-state index contributed by atoms with van der Waals surface area (Å²) >= 11 is 0. The standard InChI is InChI=1S/C17H16F3N3O5/c18-17(19,20)28-12-7-5-10(6-8-12)21-13(24)9-22-14(25)15(26)23(16(22)27)11-3-1-2-4-11/h5-8,11H,1-4,9H2,(H,21,24). The number of benzene rings is 1. The lowest BCUT2D eigenvalue weighted by Crippen LogP contribution is -2.41. The van der Waals surface area contributed by atoms with Gasteiger partial charge in [-0.15, -0.1) is 13.2 Å². The zero-order valence-electron chi connectivity index (χ0n) is 14.5. The van der Waals surface area contributed by atoms with Crippen LogP contribution in [0.3, 0.4) is 0 Å². The molecule has 0 bridgehead atoms. The van der Waals surface area contributed by atoms with Gasteiger partial charge in [-0.25, -0.2) is 9.69 Å². The quantitative estimate of drug-likeness (QED) is 0.605. The van der Waals surface area contributed by atoms with Crippen molar-refractivity contribution >= 4 is 29.4 Å². The maximum Gasteiger partial charge on any atom is 0.573 e. The van der Waals surface area contributed by atoms with Crippen LogP contribution in [0.1, 0.15) is 25.7 Å². The molecule has 2 aliphatic rings. The van der Waals surface area contributed by atoms with Gasteiger partial charge >= 0.3 is 24.2 Å². The van der Waals surface area contributed by atoms with E-state index in [1.807, 2.05) is 0 Å². The molecule has 0 radical (unpaired) electrons. The van der Waals surface area contributed by atoms with Gasteiger partial charge in [0.25, 0.3) is 0 Å². The first-order valence-corrected chi connectivity index (χ1v) is 8.50. The Labute approximate surface area is 157 Å². The molecular formula is C17H16F3N3O5. The minimum atomic E-state index is -4.83. The zero-order chi connectivity index (χ0) is 20.5. The molecule has 1 aliphatic heterocycles. The smallest absolute Gasteiger partial charge is 0.406 e. The minimum Gasteiger partial charge on any atom is -0.406 e. The average molecular weight is 399 g/mol. The molecule has 11 heteroatoms. The second-order valence-electron chi connectivity index (χ2n) is 6.41. The lowest BCUT2D eigenvalue weighted by Gasteiger charge is -2.20. The second kappa shape index (κ2) is 7.49. The number of carbonyl (C=O) groups excluding carboxylic acids is 4. The number of alkyl halides is 3. The third-order valence-electron chi connectivity index (χ3n) is 4.45. The van der Waals surface area contributed by atoms with Crippen LogP contribution >= 0.6 is 0 Å². The second-order valence-corrected chi connectivity index (χ2v) is 6.41. The molecule has 1 heterocycles. The number of rotatable bonds is 5. The van der Waals surface area contributed by atoms with Gasteiger partial charge in [0, 0.05) is 11.7 Å². The number of imide groups is 2. The third kappa shape index (κ3) is 4.24. The van der Waals surface area contributed by atoms with E-state index in [2.05, 4.69) is 10.1 Å². The number of hydrogen-bond donors (Lipinski definition) is 1. The normalized spacial score (nSPS) is 18.2. The molecule has 1 aliphatic carbocycles. The highest BCUT2D eigenvalue weighted by molar-refractivity contribution is 6.45. The van der Waals surface area contributed by atoms with Crippen LogP contribution in [-0.4, -0.2) is 52.5 Å². The SMILES string of the molecule is O=C(CN1C(=O)C(=O)N(C2CCCC2)C1=O)Nc1ccc(OC(F)(F)F)cc1. The first-order valence-electron chi connectivity index (χ1n) is 8.50. The van der Waals surface area contributed by atoms with E-state index < -0.39 is 42.4 Å². The van der Waals surface area contributed by atoms with Gasteiger partial charge in [-0.2, -0.15) is 0 Å². The Morgan fingerprint density at radius 3 is 2.25 bits per heavy atom. The van der Waals surface area contributed by atoms with Crippen molar-refractivity contribution in [2.45, 2.75) is 38.1 Å². The molecule has 0 spiro atoms. The van der Waals surface area contributed by atoms with Crippen LogP contribution < -0.4 is 10.1 Å². The average Bonchev–Trinajstić information content (AvgIpc) is 3.19. The maximum absolute atomic E-state index is 12.4. The first kappa shape index (κ1) is 19.6. The summed E-state index contributed by atoms with van der Waals surface area (Å²) in [5, 5.41) is 2.35. The summed E-state index contributed by atoms with van der Waals surface area (Å²) in [6, 6.07) is 3.18. The molecule has 0 atom stereocenters. The van der Waals surface area contributed by atoms with Crippen LogP contribution in [0.15, 0.2) is 24.3 Å². The number of ether oxygens (including phenoxy) is 1. The van der Waals surface area contributed by atoms with Crippen molar-refractivity contribution in [3.63, 3.8) is 0 Å². The van der Waals surface area contributed by atoms with E-state index in [1.54, 1.807) is 0 Å². The summed E-state index contributed by atoms with van der Waals surface area (Å²) in [5.41, 5.74) is 0.137. The number of amides is 5. The number of hydrogen-bond acceptors (Lipinski definition) is 5. The summed E-state index contributed by atoms with van der Waals surface area (Å²) in [4.78, 5) is 50.1. The summed E-state index contributed by atoms with van der Waals surface area (Å²) < 4.78 is 40.1. The molecule has 1 N–H and O–H groups in total. The van der Waals surface area contributed by atoms with E-state index in [1.165, 1.54) is 12.1 Å². The van der Waals surface area contributed by atoms with Gasteiger partial charge in [-0.1, -0.05) is 12.8 Å². The topological polar surface area (TPSA) is 96.0 Å². The number of carbonyl (C=O) groups is 4. The molecular weight excluding hydrogens is 383 g/mol. The number of anilines is 1. The number of urea groups is 1. The molecule has 5 amide bonds. The van der Waals surface area contributed by atoms with Gasteiger partial charge in [-0.3, -0.25) is 19.3 Å². The Kier molecular flexibility index (Phi) is 5.25. The Hall–Kier alpha value is -3.11. The number of nitrogens with zero attached hydrogens (tertiary/aromatic N) is 2. The molecule has 0 unspecified atom stereocenters. The Balaban J connectivity index is 1.60. The minimum absolute atomic E-state index is 0.137. The van der Waals surface area contributed by atoms with Crippen LogP contribution in [0.25, 0.3) is 0 Å². The Morgan fingerprint density at radius 2 is 1.68 bits per heavy atom. The van der Waals surface area contributed by atoms with E-state index in [9.17, 15) is 32.3 Å². The van der Waals surface area contributed by atoms with Gasteiger partial charge in [-0.05, 0) is 37.1 Å². The fraction of sp³-hybridized carbons (Fsp3) is 0.412. The van der Waals surface area contributed by atoms with E-state index in [0.717, 1.165) is 29.9 Å². The molecule has 150 valence electrons. The molecule has 1 aromatic rings. The van der Waals surface area contributed by atoms with Crippen molar-refractivity contribution in [3.05, 3.63) is 24.3 Å². The molecule has 2 fully saturated rings. The van der Waals surface area contributed by atoms with Crippen LogP contribution in [0.4, 0.5) is 23.7 Å². The summed E-state index contributed by atoms with van der Waals surface area (Å²) in [6.07, 6.45) is -1.89. The molecule has 1 aromatic carbocycles. The van der Waals surface area contributed by atoms with E-state index in [-0.39, 0.29) is 11.7 Å². The predicted molar refractivity (Wildman–Crippen MR) is 88.0 cm³/mol. The summed E-state index contributed by atoms with van der Waals surface area (Å²) in [6.45, 7) is -0.673. The largest absolute Gasteiger partial charge is 0.573 e. The molecule has 1 saturated carbocycles. The van der Waals surface area contributed by atoms with E-state index in [4.69, 9.17) is 0 Å². The molecule has 8 nitrogen and oxygen atoms in total. The number of halogens is 3. The summed E-state index contributed by atoms with van der Waals surface area (Å²) in [5.74, 6) is -3.25. The lowest BCUT2D eigenvalue weighted by molar-refractivity contribution is -0.274. The van der Waals surface area contributed by atoms with E-state index in [0.29, 0.717) is 17.7 Å². The van der Waals surface area contributed by atoms with Crippen molar-refractivity contribution in [2.75, 3.05) is 11.9 Å². The maximum atomic E-state index is 12.4. The van der Waals surface area contributed by atoms with Gasteiger partial charge in [0.2, 0.25) is 5.91 Å². The fourth-order valence-corrected chi connectivity index (χ4v) is 3.23. The van der Waals surface area contributed by atoms with Gasteiger partial charge < -0.3 is 10.1 Å². The molecule has 0 aromatic heterocycles. The Bertz CT molecular complexity index is 803. The van der Waals surface area contributed by atoms with Crippen LogP contribution in [0.5, 0.6) is 5.75 Å². The van der Waals surface area contributed by atoms with E-state index >= 15 is 0 Å². The fourth-order valence-electron chi connectivity index (χ4n) is 3.23. The molecule has 1 saturated heterocycles. The lowest BCUT2D eigenvalue weighted by atomic mass is 10.2. The number of nitrogens with one attached hydrogen (secondary N) is 1. The third-order valence-corrected chi connectivity index (χ3v) is 4.45. The zero-order valence-corrected chi connectivity index (χ0v) is 14.5. The van der Waals surface area contributed by atoms with Crippen LogP contribution in [0, 0.1) is 0 Å². The van der Waals surface area contributed by atoms with Crippen molar-refractivity contribution < 1.29 is 37.1 Å². The molecule has 3 rings (SSSR count). The summed E-state index contributed by atoms with van der Waals surface area (Å²) in [7, 11) is 0. The van der Waals surface area contributed by atoms with Crippen molar-refractivity contribution in [3.8, 4) is 5.75 Å². The van der Waals surface area contributed by atoms with Crippen LogP contribution in [-0.2, 0) is 14.4 Å². The van der Waals surface area contributed by atoms with Crippen molar-refractivity contribution in [2.24, 2.45) is 0 Å². The van der Waals surface area contributed by atoms with Gasteiger partial charge in [0.1, 0.15) is 12.3 Å². The van der Waals surface area contributed by atoms with Gasteiger partial charge in [0.05, 0.1) is 0 Å². The van der Waals surface area contributed by atoms with Crippen molar-refractivity contribution in [1.29, 1.82) is 0 Å². The van der Waals surface area contributed by atoms with Crippen molar-refractivity contribution in [1.82, 2.24) is 9.80 Å². The molecule has 28 heavy (non-hydrogen) atoms. The van der Waals surface area contributed by atoms with Gasteiger partial charge in [0.15, 0.2) is 0 Å². The highest BCUT2D eigenvalue weighted by atomic mass is 19.4. The first-order chi connectivity index (χ1) is 13.2. The Morgan fingerprint density at radius 1 is 1.07 bits per heavy atom.